The maximum atomic E-state index is 11.0. The van der Waals surface area contributed by atoms with Gasteiger partial charge in [0, 0.05) is 19.2 Å². The van der Waals surface area contributed by atoms with Gasteiger partial charge in [-0.15, -0.1) is 0 Å². The van der Waals surface area contributed by atoms with Crippen LogP contribution in [0.3, 0.4) is 0 Å². The van der Waals surface area contributed by atoms with Gasteiger partial charge in [0.1, 0.15) is 17.6 Å². The molecule has 18 heavy (non-hydrogen) atoms. The first-order chi connectivity index (χ1) is 8.50. The number of hydrogen-bond donors (Lipinski definition) is 1. The molecule has 1 aromatic heterocycles. The number of nitrogens with zero attached hydrogens (tertiary/aromatic N) is 3. The molecule has 0 bridgehead atoms. The Bertz CT molecular complexity index is 499. The Labute approximate surface area is 103 Å². The van der Waals surface area contributed by atoms with Gasteiger partial charge in [0.2, 0.25) is 0 Å². The maximum absolute atomic E-state index is 11.0. The third-order valence-corrected chi connectivity index (χ3v) is 3.28. The lowest BCUT2D eigenvalue weighted by Crippen LogP contribution is -2.37. The van der Waals surface area contributed by atoms with Crippen molar-refractivity contribution in [2.24, 2.45) is 0 Å². The minimum absolute atomic E-state index is 0.323. The van der Waals surface area contributed by atoms with E-state index in [0.29, 0.717) is 11.9 Å². The molecule has 1 saturated carbocycles. The lowest BCUT2D eigenvalue weighted by molar-refractivity contribution is -0.385. The van der Waals surface area contributed by atoms with Gasteiger partial charge in [-0.3, -0.25) is 10.1 Å². The van der Waals surface area contributed by atoms with E-state index in [4.69, 9.17) is 5.11 Å². The van der Waals surface area contributed by atoms with Gasteiger partial charge in [-0.05, 0) is 19.3 Å². The molecule has 2 rings (SSSR count). The molecule has 0 aliphatic heterocycles. The van der Waals surface area contributed by atoms with Crippen LogP contribution in [0.2, 0.25) is 0 Å². The first kappa shape index (κ1) is 12.3. The number of aromatic nitrogens is 1. The van der Waals surface area contributed by atoms with E-state index in [1.807, 2.05) is 11.9 Å². The molecule has 0 saturated heterocycles. The highest BCUT2D eigenvalue weighted by Gasteiger charge is 2.26. The highest BCUT2D eigenvalue weighted by molar-refractivity contribution is 5.93. The van der Waals surface area contributed by atoms with Crippen molar-refractivity contribution in [3.8, 4) is 0 Å². The summed E-state index contributed by atoms with van der Waals surface area (Å²) < 4.78 is 0. The number of pyridine rings is 1. The van der Waals surface area contributed by atoms with Crippen LogP contribution in [0, 0.1) is 10.1 Å². The van der Waals surface area contributed by atoms with Crippen LogP contribution >= 0.6 is 0 Å². The van der Waals surface area contributed by atoms with E-state index in [-0.39, 0.29) is 5.56 Å². The predicted octanol–water partition coefficient (Wildman–Crippen LogP) is 1.68. The van der Waals surface area contributed by atoms with Crippen molar-refractivity contribution in [2.45, 2.75) is 25.3 Å². The van der Waals surface area contributed by atoms with Gasteiger partial charge < -0.3 is 10.0 Å². The lowest BCUT2D eigenvalue weighted by atomic mass is 9.92. The molecule has 1 heterocycles. The summed E-state index contributed by atoms with van der Waals surface area (Å²) in [6.45, 7) is 0. The Balaban J connectivity index is 2.36. The van der Waals surface area contributed by atoms with Crippen molar-refractivity contribution >= 4 is 17.5 Å². The van der Waals surface area contributed by atoms with E-state index in [1.165, 1.54) is 6.07 Å². The molecule has 0 aromatic carbocycles. The Morgan fingerprint density at radius 1 is 1.61 bits per heavy atom. The smallest absolute Gasteiger partial charge is 0.342 e. The molecule has 0 radical (unpaired) electrons. The molecule has 0 atom stereocenters. The van der Waals surface area contributed by atoms with Gasteiger partial charge in [-0.25, -0.2) is 9.78 Å². The third-order valence-electron chi connectivity index (χ3n) is 3.28. The van der Waals surface area contributed by atoms with E-state index in [0.717, 1.165) is 25.5 Å². The highest BCUT2D eigenvalue weighted by Crippen LogP contribution is 2.29. The van der Waals surface area contributed by atoms with E-state index >= 15 is 0 Å². The fourth-order valence-corrected chi connectivity index (χ4v) is 1.91. The molecule has 7 nitrogen and oxygen atoms in total. The van der Waals surface area contributed by atoms with Crippen molar-refractivity contribution in [3.63, 3.8) is 0 Å². The summed E-state index contributed by atoms with van der Waals surface area (Å²) in [5, 5.41) is 19.7. The third kappa shape index (κ3) is 2.11. The zero-order valence-electron chi connectivity index (χ0n) is 9.87. The van der Waals surface area contributed by atoms with Crippen molar-refractivity contribution in [1.29, 1.82) is 0 Å². The summed E-state index contributed by atoms with van der Waals surface area (Å²) in [6.07, 6.45) is 4.23. The largest absolute Gasteiger partial charge is 0.477 e. The quantitative estimate of drug-likeness (QED) is 0.645. The van der Waals surface area contributed by atoms with Crippen LogP contribution in [0.5, 0.6) is 0 Å². The number of anilines is 1. The van der Waals surface area contributed by atoms with Gasteiger partial charge in [0.25, 0.3) is 0 Å². The molecule has 1 N–H and O–H groups in total. The second-order valence-electron chi connectivity index (χ2n) is 4.32. The molecular weight excluding hydrogens is 238 g/mol. The number of hydrogen-bond acceptors (Lipinski definition) is 5. The van der Waals surface area contributed by atoms with E-state index < -0.39 is 16.6 Å². The predicted molar refractivity (Wildman–Crippen MR) is 63.9 cm³/mol. The van der Waals surface area contributed by atoms with Gasteiger partial charge in [-0.2, -0.15) is 0 Å². The van der Waals surface area contributed by atoms with Crippen LogP contribution in [0.1, 0.15) is 29.6 Å². The summed E-state index contributed by atoms with van der Waals surface area (Å²) in [7, 11) is 1.82. The Hall–Kier alpha value is -2.18. The van der Waals surface area contributed by atoms with Gasteiger partial charge in [-0.1, -0.05) is 0 Å². The fraction of sp³-hybridized carbons (Fsp3) is 0.455. The molecule has 1 aliphatic carbocycles. The van der Waals surface area contributed by atoms with Crippen molar-refractivity contribution < 1.29 is 14.8 Å². The molecular formula is C11H13N3O4. The number of carboxylic acid groups (broad SMARTS) is 1. The molecule has 0 spiro atoms. The van der Waals surface area contributed by atoms with Gasteiger partial charge >= 0.3 is 11.7 Å². The number of rotatable bonds is 4. The first-order valence-corrected chi connectivity index (χ1v) is 5.61. The van der Waals surface area contributed by atoms with Crippen LogP contribution in [0.25, 0.3) is 0 Å². The van der Waals surface area contributed by atoms with Crippen molar-refractivity contribution in [2.75, 3.05) is 11.9 Å². The minimum Gasteiger partial charge on any atom is -0.477 e. The average molecular weight is 251 g/mol. The zero-order valence-corrected chi connectivity index (χ0v) is 9.87. The van der Waals surface area contributed by atoms with Crippen LogP contribution in [0.15, 0.2) is 12.3 Å². The first-order valence-electron chi connectivity index (χ1n) is 5.61. The van der Waals surface area contributed by atoms with E-state index in [2.05, 4.69) is 4.98 Å². The summed E-state index contributed by atoms with van der Waals surface area (Å²) >= 11 is 0. The minimum atomic E-state index is -1.31. The van der Waals surface area contributed by atoms with Crippen molar-refractivity contribution in [3.05, 3.63) is 27.9 Å². The topological polar surface area (TPSA) is 96.6 Å². The summed E-state index contributed by atoms with van der Waals surface area (Å²) in [4.78, 5) is 26.8. The molecule has 1 fully saturated rings. The molecule has 0 unspecified atom stereocenters. The van der Waals surface area contributed by atoms with E-state index in [9.17, 15) is 14.9 Å². The molecule has 1 aliphatic rings. The van der Waals surface area contributed by atoms with E-state index in [1.54, 1.807) is 0 Å². The Morgan fingerprint density at radius 2 is 2.28 bits per heavy atom. The SMILES string of the molecule is CN(c1cc(C(=O)O)c([N+](=O)[O-])cn1)C1CCC1. The molecule has 0 amide bonds. The Morgan fingerprint density at radius 3 is 2.72 bits per heavy atom. The number of nitro groups is 1. The molecule has 1 aromatic rings. The lowest BCUT2D eigenvalue weighted by Gasteiger charge is -2.35. The monoisotopic (exact) mass is 251 g/mol. The summed E-state index contributed by atoms with van der Waals surface area (Å²) in [6, 6.07) is 1.61. The van der Waals surface area contributed by atoms with Crippen LogP contribution in [-0.4, -0.2) is 34.1 Å². The zero-order chi connectivity index (χ0) is 13.3. The summed E-state index contributed by atoms with van der Waals surface area (Å²) in [5.74, 6) is -0.852. The summed E-state index contributed by atoms with van der Waals surface area (Å²) in [5.41, 5.74) is -0.801. The average Bonchev–Trinajstić information content (AvgIpc) is 2.25. The molecule has 7 heteroatoms. The van der Waals surface area contributed by atoms with Crippen LogP contribution in [-0.2, 0) is 0 Å². The normalized spacial score (nSPS) is 14.9. The standard InChI is InChI=1S/C11H13N3O4/c1-13(7-3-2-4-7)10-5-8(11(15)16)9(6-12-10)14(17)18/h5-7H,2-4H2,1H3,(H,15,16). The fourth-order valence-electron chi connectivity index (χ4n) is 1.91. The van der Waals surface area contributed by atoms with Gasteiger partial charge in [0.15, 0.2) is 0 Å². The number of carboxylic acids is 1. The maximum Gasteiger partial charge on any atom is 0.342 e. The second-order valence-corrected chi connectivity index (χ2v) is 4.32. The van der Waals surface area contributed by atoms with Gasteiger partial charge in [0.05, 0.1) is 4.92 Å². The Kier molecular flexibility index (Phi) is 3.14. The number of carbonyl (C=O) groups is 1. The highest BCUT2D eigenvalue weighted by atomic mass is 16.6. The number of aromatic carboxylic acids is 1. The second kappa shape index (κ2) is 4.59. The van der Waals surface area contributed by atoms with Crippen molar-refractivity contribution in [1.82, 2.24) is 4.98 Å². The molecule has 96 valence electrons. The van der Waals surface area contributed by atoms with Crippen LogP contribution < -0.4 is 4.90 Å². The van der Waals surface area contributed by atoms with Crippen LogP contribution in [0.4, 0.5) is 11.5 Å².